The minimum atomic E-state index is 0.0322. The zero-order valence-electron chi connectivity index (χ0n) is 10.3. The summed E-state index contributed by atoms with van der Waals surface area (Å²) in [7, 11) is 0. The topological polar surface area (TPSA) is 71.6 Å². The van der Waals surface area contributed by atoms with Gasteiger partial charge in [-0.1, -0.05) is 19.0 Å². The van der Waals surface area contributed by atoms with Gasteiger partial charge in [0, 0.05) is 12.5 Å². The summed E-state index contributed by atoms with van der Waals surface area (Å²) in [6, 6.07) is 0.0322. The van der Waals surface area contributed by atoms with E-state index in [9.17, 15) is 5.11 Å². The average molecular weight is 241 g/mol. The fourth-order valence-electron chi connectivity index (χ4n) is 1.81. The molecule has 1 saturated heterocycles. The molecule has 1 N–H and O–H groups in total. The molecular formula is C11H19N3O3. The van der Waals surface area contributed by atoms with Crippen molar-refractivity contribution in [2.45, 2.75) is 32.4 Å². The van der Waals surface area contributed by atoms with Crippen molar-refractivity contribution in [3.05, 3.63) is 11.7 Å². The van der Waals surface area contributed by atoms with Crippen molar-refractivity contribution in [1.82, 2.24) is 15.0 Å². The SMILES string of the molecule is CC(C)c1nc(CN2CCOCC2CO)no1. The molecule has 0 spiro atoms. The third-order valence-corrected chi connectivity index (χ3v) is 2.88. The molecule has 1 aromatic rings. The maximum absolute atomic E-state index is 9.25. The van der Waals surface area contributed by atoms with Gasteiger partial charge < -0.3 is 14.4 Å². The molecule has 2 rings (SSSR count). The molecule has 17 heavy (non-hydrogen) atoms. The van der Waals surface area contributed by atoms with Gasteiger partial charge in [0.2, 0.25) is 5.89 Å². The van der Waals surface area contributed by atoms with E-state index >= 15 is 0 Å². The van der Waals surface area contributed by atoms with Crippen LogP contribution in [0.15, 0.2) is 4.52 Å². The van der Waals surface area contributed by atoms with E-state index in [-0.39, 0.29) is 18.6 Å². The van der Waals surface area contributed by atoms with Gasteiger partial charge in [-0.05, 0) is 0 Å². The number of aliphatic hydroxyl groups is 1. The highest BCUT2D eigenvalue weighted by Crippen LogP contribution is 2.14. The van der Waals surface area contributed by atoms with Gasteiger partial charge in [-0.2, -0.15) is 4.98 Å². The van der Waals surface area contributed by atoms with Gasteiger partial charge in [0.25, 0.3) is 0 Å². The van der Waals surface area contributed by atoms with Gasteiger partial charge in [-0.25, -0.2) is 0 Å². The molecule has 6 nitrogen and oxygen atoms in total. The standard InChI is InChI=1S/C11H19N3O3/c1-8(2)11-12-10(13-17-11)5-14-3-4-16-7-9(14)6-15/h8-9,15H,3-7H2,1-2H3. The van der Waals surface area contributed by atoms with Crippen LogP contribution in [0.3, 0.4) is 0 Å². The summed E-state index contributed by atoms with van der Waals surface area (Å²) >= 11 is 0. The molecule has 0 aliphatic carbocycles. The van der Waals surface area contributed by atoms with E-state index in [0.29, 0.717) is 31.5 Å². The van der Waals surface area contributed by atoms with Crippen molar-refractivity contribution in [3.63, 3.8) is 0 Å². The molecule has 0 radical (unpaired) electrons. The molecule has 1 fully saturated rings. The Hall–Kier alpha value is -0.980. The summed E-state index contributed by atoms with van der Waals surface area (Å²) in [5.41, 5.74) is 0. The first-order valence-corrected chi connectivity index (χ1v) is 5.96. The Balaban J connectivity index is 1.98. The van der Waals surface area contributed by atoms with Gasteiger partial charge >= 0.3 is 0 Å². The summed E-state index contributed by atoms with van der Waals surface area (Å²) in [4.78, 5) is 6.45. The molecule has 0 saturated carbocycles. The predicted molar refractivity (Wildman–Crippen MR) is 60.5 cm³/mol. The molecular weight excluding hydrogens is 222 g/mol. The van der Waals surface area contributed by atoms with Gasteiger partial charge in [0.15, 0.2) is 5.82 Å². The van der Waals surface area contributed by atoms with E-state index in [4.69, 9.17) is 9.26 Å². The summed E-state index contributed by atoms with van der Waals surface area (Å²) in [5.74, 6) is 1.58. The van der Waals surface area contributed by atoms with Crippen LogP contribution in [0.1, 0.15) is 31.5 Å². The Morgan fingerprint density at radius 3 is 3.00 bits per heavy atom. The molecule has 0 bridgehead atoms. The van der Waals surface area contributed by atoms with Gasteiger partial charge in [-0.15, -0.1) is 0 Å². The lowest BCUT2D eigenvalue weighted by molar-refractivity contribution is -0.0324. The van der Waals surface area contributed by atoms with Crippen molar-refractivity contribution in [3.8, 4) is 0 Å². The van der Waals surface area contributed by atoms with Crippen LogP contribution in [0.2, 0.25) is 0 Å². The Morgan fingerprint density at radius 1 is 1.53 bits per heavy atom. The second-order valence-electron chi connectivity index (χ2n) is 4.59. The zero-order chi connectivity index (χ0) is 12.3. The first-order chi connectivity index (χ1) is 8.20. The van der Waals surface area contributed by atoms with Crippen LogP contribution in [-0.2, 0) is 11.3 Å². The molecule has 0 aromatic carbocycles. The highest BCUT2D eigenvalue weighted by Gasteiger charge is 2.24. The number of hydrogen-bond donors (Lipinski definition) is 1. The van der Waals surface area contributed by atoms with Gasteiger partial charge in [0.1, 0.15) is 0 Å². The molecule has 1 atom stereocenters. The highest BCUT2D eigenvalue weighted by molar-refractivity contribution is 4.92. The van der Waals surface area contributed by atoms with Crippen LogP contribution < -0.4 is 0 Å². The number of morpholine rings is 1. The van der Waals surface area contributed by atoms with Crippen molar-refractivity contribution in [2.24, 2.45) is 0 Å². The second kappa shape index (κ2) is 5.57. The lowest BCUT2D eigenvalue weighted by Gasteiger charge is -2.33. The molecule has 96 valence electrons. The van der Waals surface area contributed by atoms with E-state index in [1.807, 2.05) is 13.8 Å². The number of hydrogen-bond acceptors (Lipinski definition) is 6. The van der Waals surface area contributed by atoms with Crippen LogP contribution >= 0.6 is 0 Å². The number of rotatable bonds is 4. The quantitative estimate of drug-likeness (QED) is 0.822. The van der Waals surface area contributed by atoms with Crippen molar-refractivity contribution in [2.75, 3.05) is 26.4 Å². The van der Waals surface area contributed by atoms with Gasteiger partial charge in [-0.3, -0.25) is 4.90 Å². The summed E-state index contributed by atoms with van der Waals surface area (Å²) in [6.07, 6.45) is 0. The summed E-state index contributed by atoms with van der Waals surface area (Å²) in [6.45, 7) is 6.76. The number of aliphatic hydroxyl groups excluding tert-OH is 1. The van der Waals surface area contributed by atoms with Crippen LogP contribution in [0.25, 0.3) is 0 Å². The van der Waals surface area contributed by atoms with E-state index < -0.39 is 0 Å². The zero-order valence-corrected chi connectivity index (χ0v) is 10.3. The molecule has 1 aliphatic heterocycles. The number of nitrogens with zero attached hydrogens (tertiary/aromatic N) is 3. The Labute approximate surface area is 101 Å². The maximum atomic E-state index is 9.25. The van der Waals surface area contributed by atoms with Crippen molar-refractivity contribution < 1.29 is 14.4 Å². The molecule has 2 heterocycles. The fraction of sp³-hybridized carbons (Fsp3) is 0.818. The van der Waals surface area contributed by atoms with Crippen molar-refractivity contribution >= 4 is 0 Å². The number of aromatic nitrogens is 2. The van der Waals surface area contributed by atoms with Crippen molar-refractivity contribution in [1.29, 1.82) is 0 Å². The Morgan fingerprint density at radius 2 is 2.35 bits per heavy atom. The molecule has 6 heteroatoms. The molecule has 1 aromatic heterocycles. The minimum Gasteiger partial charge on any atom is -0.395 e. The normalized spacial score (nSPS) is 22.2. The fourth-order valence-corrected chi connectivity index (χ4v) is 1.81. The lowest BCUT2D eigenvalue weighted by Crippen LogP contribution is -2.47. The van der Waals surface area contributed by atoms with E-state index in [1.54, 1.807) is 0 Å². The third kappa shape index (κ3) is 3.02. The first kappa shape index (κ1) is 12.5. The van der Waals surface area contributed by atoms with Crippen LogP contribution in [0.4, 0.5) is 0 Å². The van der Waals surface area contributed by atoms with E-state index in [0.717, 1.165) is 6.54 Å². The molecule has 1 unspecified atom stereocenters. The molecule has 1 aliphatic rings. The maximum Gasteiger partial charge on any atom is 0.229 e. The van der Waals surface area contributed by atoms with Crippen LogP contribution in [0, 0.1) is 0 Å². The third-order valence-electron chi connectivity index (χ3n) is 2.88. The van der Waals surface area contributed by atoms with Gasteiger partial charge in [0.05, 0.1) is 32.4 Å². The predicted octanol–water partition coefficient (Wildman–Crippen LogP) is 0.386. The summed E-state index contributed by atoms with van der Waals surface area (Å²) in [5, 5.41) is 13.2. The Bertz CT molecular complexity index is 353. The first-order valence-electron chi connectivity index (χ1n) is 5.96. The minimum absolute atomic E-state index is 0.0322. The van der Waals surface area contributed by atoms with E-state index in [2.05, 4.69) is 15.0 Å². The largest absolute Gasteiger partial charge is 0.395 e. The Kier molecular flexibility index (Phi) is 4.09. The lowest BCUT2D eigenvalue weighted by atomic mass is 10.2. The smallest absolute Gasteiger partial charge is 0.229 e. The highest BCUT2D eigenvalue weighted by atomic mass is 16.5. The average Bonchev–Trinajstić information content (AvgIpc) is 2.78. The monoisotopic (exact) mass is 241 g/mol. The van der Waals surface area contributed by atoms with Crippen LogP contribution in [-0.4, -0.2) is 52.6 Å². The second-order valence-corrected chi connectivity index (χ2v) is 4.59. The molecule has 0 amide bonds. The number of ether oxygens (including phenoxy) is 1. The summed E-state index contributed by atoms with van der Waals surface area (Å²) < 4.78 is 10.5. The van der Waals surface area contributed by atoms with Crippen LogP contribution in [0.5, 0.6) is 0 Å². The van der Waals surface area contributed by atoms with E-state index in [1.165, 1.54) is 0 Å².